The average Bonchev–Trinajstić information content (AvgIpc) is 2.76. The molecule has 4 amide bonds. The summed E-state index contributed by atoms with van der Waals surface area (Å²) in [5, 5.41) is 2.62. The summed E-state index contributed by atoms with van der Waals surface area (Å²) < 4.78 is 11.5. The van der Waals surface area contributed by atoms with Gasteiger partial charge >= 0.3 is 6.03 Å². The summed E-state index contributed by atoms with van der Waals surface area (Å²) in [6.07, 6.45) is 3.65. The van der Waals surface area contributed by atoms with Crippen molar-refractivity contribution >= 4 is 41.2 Å². The van der Waals surface area contributed by atoms with Crippen molar-refractivity contribution in [3.8, 4) is 11.5 Å². The minimum absolute atomic E-state index is 0.192. The van der Waals surface area contributed by atoms with Crippen LogP contribution in [0.25, 0.3) is 6.08 Å². The summed E-state index contributed by atoms with van der Waals surface area (Å²) >= 11 is 6.17. The predicted octanol–water partition coefficient (Wildman–Crippen LogP) is 4.84. The Labute approximate surface area is 197 Å². The van der Waals surface area contributed by atoms with Crippen LogP contribution in [0, 0.1) is 6.92 Å². The zero-order valence-corrected chi connectivity index (χ0v) is 19.5. The number of carbonyl (C=O) groups excluding carboxylic acids is 3. The van der Waals surface area contributed by atoms with Crippen LogP contribution in [0.4, 0.5) is 10.5 Å². The van der Waals surface area contributed by atoms with Crippen LogP contribution >= 0.6 is 11.6 Å². The minimum atomic E-state index is -0.837. The molecule has 172 valence electrons. The molecule has 0 aliphatic carbocycles. The zero-order chi connectivity index (χ0) is 24.1. The lowest BCUT2D eigenvalue weighted by molar-refractivity contribution is -0.122. The lowest BCUT2D eigenvalue weighted by Gasteiger charge is -2.26. The predicted molar refractivity (Wildman–Crippen MR) is 128 cm³/mol. The molecule has 0 radical (unpaired) electrons. The smallest absolute Gasteiger partial charge is 0.335 e. The number of halogens is 1. The molecule has 2 aromatic rings. The van der Waals surface area contributed by atoms with E-state index in [-0.39, 0.29) is 11.3 Å². The van der Waals surface area contributed by atoms with E-state index in [1.165, 1.54) is 12.1 Å². The molecule has 7 nitrogen and oxygen atoms in total. The molecule has 0 aromatic heterocycles. The number of benzene rings is 2. The van der Waals surface area contributed by atoms with Crippen molar-refractivity contribution in [3.05, 3.63) is 70.3 Å². The molecule has 0 unspecified atom stereocenters. The largest absolute Gasteiger partial charge is 0.490 e. The van der Waals surface area contributed by atoms with E-state index in [9.17, 15) is 14.4 Å². The molecular formula is C25H25ClN2O5. The fourth-order valence-electron chi connectivity index (χ4n) is 3.42. The third kappa shape index (κ3) is 5.09. The highest BCUT2D eigenvalue weighted by Crippen LogP contribution is 2.35. The van der Waals surface area contributed by atoms with Gasteiger partial charge in [-0.25, -0.2) is 9.69 Å². The van der Waals surface area contributed by atoms with E-state index in [0.29, 0.717) is 41.7 Å². The van der Waals surface area contributed by atoms with Crippen LogP contribution in [0.2, 0.25) is 5.02 Å². The number of nitrogens with zero attached hydrogens (tertiary/aromatic N) is 1. The van der Waals surface area contributed by atoms with Gasteiger partial charge in [0.25, 0.3) is 11.8 Å². The monoisotopic (exact) mass is 468 g/mol. The number of allylic oxidation sites excluding steroid dienone is 1. The van der Waals surface area contributed by atoms with Gasteiger partial charge in [-0.3, -0.25) is 14.9 Å². The number of ether oxygens (including phenoxy) is 2. The number of nitrogens with one attached hydrogen (secondary N) is 1. The maximum Gasteiger partial charge on any atom is 0.335 e. The van der Waals surface area contributed by atoms with Crippen LogP contribution in [0.3, 0.4) is 0 Å². The number of hydrogen-bond donors (Lipinski definition) is 1. The number of rotatable bonds is 8. The van der Waals surface area contributed by atoms with Crippen molar-refractivity contribution in [2.24, 2.45) is 0 Å². The van der Waals surface area contributed by atoms with E-state index in [2.05, 4.69) is 11.9 Å². The maximum absolute atomic E-state index is 13.2. The molecule has 33 heavy (non-hydrogen) atoms. The summed E-state index contributed by atoms with van der Waals surface area (Å²) in [6.45, 7) is 10.2. The van der Waals surface area contributed by atoms with Gasteiger partial charge in [0, 0.05) is 10.6 Å². The number of amides is 4. The summed E-state index contributed by atoms with van der Waals surface area (Å²) in [6, 6.07) is 7.45. The quantitative estimate of drug-likeness (QED) is 0.340. The lowest BCUT2D eigenvalue weighted by atomic mass is 10.0. The zero-order valence-electron chi connectivity index (χ0n) is 18.7. The number of anilines is 1. The number of urea groups is 1. The van der Waals surface area contributed by atoms with Crippen molar-refractivity contribution < 1.29 is 23.9 Å². The van der Waals surface area contributed by atoms with E-state index in [1.807, 2.05) is 20.8 Å². The highest BCUT2D eigenvalue weighted by Gasteiger charge is 2.37. The van der Waals surface area contributed by atoms with Gasteiger partial charge in [0.15, 0.2) is 11.5 Å². The molecule has 1 N–H and O–H groups in total. The summed E-state index contributed by atoms with van der Waals surface area (Å²) in [4.78, 5) is 39.1. The van der Waals surface area contributed by atoms with Crippen LogP contribution in [-0.4, -0.2) is 31.1 Å². The molecule has 1 fully saturated rings. The summed E-state index contributed by atoms with van der Waals surface area (Å²) in [5.41, 5.74) is 2.22. The number of hydrogen-bond acceptors (Lipinski definition) is 5. The number of imide groups is 2. The van der Waals surface area contributed by atoms with Crippen LogP contribution in [0.5, 0.6) is 11.5 Å². The third-order valence-corrected chi connectivity index (χ3v) is 5.34. The Balaban J connectivity index is 2.09. The summed E-state index contributed by atoms with van der Waals surface area (Å²) in [5.74, 6) is -0.447. The Morgan fingerprint density at radius 1 is 1.09 bits per heavy atom. The van der Waals surface area contributed by atoms with Gasteiger partial charge in [0.05, 0.1) is 18.9 Å². The minimum Gasteiger partial charge on any atom is -0.490 e. The van der Waals surface area contributed by atoms with Gasteiger partial charge in [-0.05, 0) is 68.7 Å². The third-order valence-electron chi connectivity index (χ3n) is 4.93. The highest BCUT2D eigenvalue weighted by atomic mass is 35.5. The first-order chi connectivity index (χ1) is 15.8. The maximum atomic E-state index is 13.2. The molecule has 1 aliphatic heterocycles. The Kier molecular flexibility index (Phi) is 7.55. The SMILES string of the molecule is C=CCc1cc(/C=C2/C(=O)NC(=O)N(c3ccc(C)c(Cl)c3)C2=O)cc(OCC)c1OCC. The molecule has 0 atom stereocenters. The second kappa shape index (κ2) is 10.4. The fourth-order valence-corrected chi connectivity index (χ4v) is 3.60. The molecule has 0 saturated carbocycles. The second-order valence-corrected chi connectivity index (χ2v) is 7.66. The molecule has 0 bridgehead atoms. The number of barbiturate groups is 1. The van der Waals surface area contributed by atoms with E-state index in [0.717, 1.165) is 16.0 Å². The van der Waals surface area contributed by atoms with E-state index in [1.54, 1.807) is 30.3 Å². The van der Waals surface area contributed by atoms with E-state index in [4.69, 9.17) is 21.1 Å². The second-order valence-electron chi connectivity index (χ2n) is 7.26. The summed E-state index contributed by atoms with van der Waals surface area (Å²) in [7, 11) is 0. The van der Waals surface area contributed by atoms with Crippen molar-refractivity contribution in [2.45, 2.75) is 27.2 Å². The normalized spacial score (nSPS) is 15.0. The molecule has 2 aromatic carbocycles. The molecule has 8 heteroatoms. The van der Waals surface area contributed by atoms with Crippen LogP contribution in [0.1, 0.15) is 30.5 Å². The standard InChI is InChI=1S/C25H25ClN2O5/c1-5-8-17-11-16(13-21(32-6-2)22(17)33-7-3)12-19-23(29)27-25(31)28(24(19)30)18-10-9-15(4)20(26)14-18/h5,9-14H,1,6-8H2,2-4H3,(H,27,29,31)/b19-12-. The molecule has 1 saturated heterocycles. The van der Waals surface area contributed by atoms with Crippen LogP contribution in [0.15, 0.2) is 48.6 Å². The Hall–Kier alpha value is -3.58. The van der Waals surface area contributed by atoms with Gasteiger partial charge in [-0.15, -0.1) is 6.58 Å². The average molecular weight is 469 g/mol. The van der Waals surface area contributed by atoms with E-state index >= 15 is 0 Å². The van der Waals surface area contributed by atoms with Crippen molar-refractivity contribution in [2.75, 3.05) is 18.1 Å². The van der Waals surface area contributed by atoms with Gasteiger partial charge in [0.1, 0.15) is 5.57 Å². The van der Waals surface area contributed by atoms with Gasteiger partial charge < -0.3 is 9.47 Å². The molecule has 3 rings (SSSR count). The first-order valence-corrected chi connectivity index (χ1v) is 10.9. The van der Waals surface area contributed by atoms with Crippen LogP contribution < -0.4 is 19.7 Å². The van der Waals surface area contributed by atoms with Gasteiger partial charge in [0.2, 0.25) is 0 Å². The van der Waals surface area contributed by atoms with E-state index < -0.39 is 17.8 Å². The Morgan fingerprint density at radius 2 is 1.82 bits per heavy atom. The van der Waals surface area contributed by atoms with Gasteiger partial charge in [-0.1, -0.05) is 23.7 Å². The number of aryl methyl sites for hydroxylation is 1. The molecule has 1 heterocycles. The number of carbonyl (C=O) groups is 3. The molecular weight excluding hydrogens is 444 g/mol. The molecule has 1 aliphatic rings. The van der Waals surface area contributed by atoms with Crippen molar-refractivity contribution in [1.82, 2.24) is 5.32 Å². The highest BCUT2D eigenvalue weighted by molar-refractivity contribution is 6.39. The fraction of sp³-hybridized carbons (Fsp3) is 0.240. The Morgan fingerprint density at radius 3 is 2.45 bits per heavy atom. The first kappa shape index (κ1) is 24.1. The lowest BCUT2D eigenvalue weighted by Crippen LogP contribution is -2.54. The molecule has 0 spiro atoms. The topological polar surface area (TPSA) is 84.9 Å². The van der Waals surface area contributed by atoms with Gasteiger partial charge in [-0.2, -0.15) is 0 Å². The van der Waals surface area contributed by atoms with Crippen molar-refractivity contribution in [1.29, 1.82) is 0 Å². The van der Waals surface area contributed by atoms with Crippen LogP contribution in [-0.2, 0) is 16.0 Å². The van der Waals surface area contributed by atoms with Crippen molar-refractivity contribution in [3.63, 3.8) is 0 Å². The Bertz CT molecular complexity index is 1160. The first-order valence-electron chi connectivity index (χ1n) is 10.5.